The molecular formula is C23H35NO4. The molecule has 5 rings (SSSR count). The molecule has 0 radical (unpaired) electrons. The highest BCUT2D eigenvalue weighted by atomic mass is 16.5. The van der Waals surface area contributed by atoms with Crippen molar-refractivity contribution in [2.24, 2.45) is 40.2 Å². The second-order valence-electron chi connectivity index (χ2n) is 10.9. The smallest absolute Gasteiger partial charge is 0.331 e. The molecular weight excluding hydrogens is 354 g/mol. The van der Waals surface area contributed by atoms with Crippen LogP contribution in [0.15, 0.2) is 11.6 Å². The molecule has 28 heavy (non-hydrogen) atoms. The molecule has 5 nitrogen and oxygen atoms in total. The zero-order valence-electron chi connectivity index (χ0n) is 17.2. The Morgan fingerprint density at radius 3 is 2.61 bits per heavy atom. The van der Waals surface area contributed by atoms with Gasteiger partial charge in [0.15, 0.2) is 0 Å². The lowest BCUT2D eigenvalue weighted by Crippen LogP contribution is -2.67. The molecule has 1 aliphatic heterocycles. The van der Waals surface area contributed by atoms with E-state index < -0.39 is 17.1 Å². The number of carbonyl (C=O) groups is 1. The van der Waals surface area contributed by atoms with Crippen molar-refractivity contribution < 1.29 is 19.7 Å². The molecule has 0 aromatic carbocycles. The van der Waals surface area contributed by atoms with Crippen molar-refractivity contribution >= 4 is 5.97 Å². The summed E-state index contributed by atoms with van der Waals surface area (Å²) in [5, 5.41) is 23.6. The first-order valence-electron chi connectivity index (χ1n) is 11.2. The number of cyclic esters (lactones) is 1. The van der Waals surface area contributed by atoms with Crippen LogP contribution < -0.4 is 5.73 Å². The van der Waals surface area contributed by atoms with Crippen molar-refractivity contribution in [2.45, 2.75) is 83.0 Å². The topological polar surface area (TPSA) is 92.8 Å². The van der Waals surface area contributed by atoms with Crippen molar-refractivity contribution in [1.82, 2.24) is 0 Å². The van der Waals surface area contributed by atoms with Crippen molar-refractivity contribution in [1.29, 1.82) is 0 Å². The highest BCUT2D eigenvalue weighted by Gasteiger charge is 2.70. The van der Waals surface area contributed by atoms with E-state index >= 15 is 0 Å². The van der Waals surface area contributed by atoms with Gasteiger partial charge >= 0.3 is 5.97 Å². The second kappa shape index (κ2) is 6.05. The molecule has 0 aromatic heterocycles. The van der Waals surface area contributed by atoms with Gasteiger partial charge < -0.3 is 20.7 Å². The summed E-state index contributed by atoms with van der Waals surface area (Å²) in [6, 6.07) is 0.305. The van der Waals surface area contributed by atoms with Crippen molar-refractivity contribution in [3.8, 4) is 0 Å². The van der Waals surface area contributed by atoms with Crippen molar-refractivity contribution in [3.05, 3.63) is 11.6 Å². The lowest BCUT2D eigenvalue weighted by Gasteiger charge is -2.65. The largest absolute Gasteiger partial charge is 0.458 e. The zero-order valence-corrected chi connectivity index (χ0v) is 17.2. The molecule has 0 aromatic rings. The van der Waals surface area contributed by atoms with Gasteiger partial charge in [-0.15, -0.1) is 0 Å². The Morgan fingerprint density at radius 2 is 1.89 bits per heavy atom. The SMILES string of the molecule is C[C@]12CCC(N)C[C@H]1CC[C@@H]1[C@@H]2C[C@@H](O)[C@]2(C)[C@@H](C3=CC(=O)OC3)CC[C@]12O. The lowest BCUT2D eigenvalue weighted by atomic mass is 9.42. The molecule has 1 heterocycles. The third-order valence-electron chi connectivity index (χ3n) is 10.1. The first kappa shape index (κ1) is 19.1. The van der Waals surface area contributed by atoms with Gasteiger partial charge in [-0.2, -0.15) is 0 Å². The van der Waals surface area contributed by atoms with Crippen LogP contribution in [0.2, 0.25) is 0 Å². The summed E-state index contributed by atoms with van der Waals surface area (Å²) in [6.07, 6.45) is 8.72. The molecule has 0 bridgehead atoms. The summed E-state index contributed by atoms with van der Waals surface area (Å²) in [4.78, 5) is 11.7. The van der Waals surface area contributed by atoms with Crippen LogP contribution in [0, 0.1) is 34.5 Å². The van der Waals surface area contributed by atoms with Gasteiger partial charge in [-0.3, -0.25) is 0 Å². The molecule has 0 amide bonds. The molecule has 0 spiro atoms. The highest BCUT2D eigenvalue weighted by Crippen LogP contribution is 2.69. The summed E-state index contributed by atoms with van der Waals surface area (Å²) >= 11 is 0. The van der Waals surface area contributed by atoms with Gasteiger partial charge in [0.2, 0.25) is 0 Å². The molecule has 156 valence electrons. The van der Waals surface area contributed by atoms with E-state index in [1.165, 1.54) is 0 Å². The first-order chi connectivity index (χ1) is 13.2. The average molecular weight is 390 g/mol. The Labute approximate surface area is 167 Å². The number of nitrogens with two attached hydrogens (primary N) is 1. The summed E-state index contributed by atoms with van der Waals surface area (Å²) < 4.78 is 5.17. The van der Waals surface area contributed by atoms with Crippen molar-refractivity contribution in [3.63, 3.8) is 0 Å². The number of aliphatic hydroxyl groups is 2. The number of rotatable bonds is 1. The number of fused-ring (bicyclic) bond motifs is 5. The number of hydrogen-bond donors (Lipinski definition) is 3. The predicted octanol–water partition coefficient (Wildman–Crippen LogP) is 2.54. The van der Waals surface area contributed by atoms with E-state index in [-0.39, 0.29) is 23.2 Å². The monoisotopic (exact) mass is 389 g/mol. The fourth-order valence-electron chi connectivity index (χ4n) is 8.42. The van der Waals surface area contributed by atoms with Crippen LogP contribution in [0.25, 0.3) is 0 Å². The highest BCUT2D eigenvalue weighted by molar-refractivity contribution is 5.85. The van der Waals surface area contributed by atoms with Crippen LogP contribution in [-0.4, -0.2) is 40.5 Å². The maximum atomic E-state index is 12.2. The van der Waals surface area contributed by atoms with E-state index in [1.54, 1.807) is 6.08 Å². The molecule has 4 saturated carbocycles. The third-order valence-corrected chi connectivity index (χ3v) is 10.1. The van der Waals surface area contributed by atoms with E-state index in [1.807, 2.05) is 0 Å². The fraction of sp³-hybridized carbons (Fsp3) is 0.870. The van der Waals surface area contributed by atoms with Crippen LogP contribution in [0.5, 0.6) is 0 Å². The molecule has 5 aliphatic rings. The number of ether oxygens (including phenoxy) is 1. The van der Waals surface area contributed by atoms with Crippen LogP contribution in [0.1, 0.15) is 65.2 Å². The second-order valence-corrected chi connectivity index (χ2v) is 10.9. The van der Waals surface area contributed by atoms with E-state index in [0.29, 0.717) is 30.9 Å². The van der Waals surface area contributed by atoms with Gasteiger partial charge in [-0.1, -0.05) is 13.8 Å². The van der Waals surface area contributed by atoms with Gasteiger partial charge in [0.25, 0.3) is 0 Å². The maximum absolute atomic E-state index is 12.2. The minimum atomic E-state index is -0.875. The normalized spacial score (nSPS) is 55.8. The van der Waals surface area contributed by atoms with E-state index in [9.17, 15) is 15.0 Å². The number of hydrogen-bond acceptors (Lipinski definition) is 5. The van der Waals surface area contributed by atoms with Crippen LogP contribution in [0.4, 0.5) is 0 Å². The molecule has 0 saturated heterocycles. The first-order valence-corrected chi connectivity index (χ1v) is 11.2. The Kier molecular flexibility index (Phi) is 4.12. The predicted molar refractivity (Wildman–Crippen MR) is 105 cm³/mol. The van der Waals surface area contributed by atoms with Gasteiger partial charge in [-0.05, 0) is 86.0 Å². The molecule has 4 fully saturated rings. The Bertz CT molecular complexity index is 721. The molecule has 9 atom stereocenters. The standard InChI is InChI=1S/C23H35NO4/c1-21-7-5-15(24)10-14(21)3-4-17-18(21)11-19(25)22(2)16(6-8-23(17,22)27)13-9-20(26)28-12-13/h9,14-19,25,27H,3-8,10-12,24H2,1-2H3/t14-,15?,16-,17-,18+,19-,21+,22+,23+/m1/s1. The van der Waals surface area contributed by atoms with Crippen LogP contribution in [0.3, 0.4) is 0 Å². The minimum absolute atomic E-state index is 0.0187. The maximum Gasteiger partial charge on any atom is 0.331 e. The molecule has 4 aliphatic carbocycles. The zero-order chi connectivity index (χ0) is 19.9. The quantitative estimate of drug-likeness (QED) is 0.599. The Morgan fingerprint density at radius 1 is 1.11 bits per heavy atom. The lowest BCUT2D eigenvalue weighted by molar-refractivity contribution is -0.242. The van der Waals surface area contributed by atoms with Gasteiger partial charge in [0.05, 0.1) is 11.7 Å². The molecule has 1 unspecified atom stereocenters. The third kappa shape index (κ3) is 2.27. The number of aliphatic hydroxyl groups excluding tert-OH is 1. The Balaban J connectivity index is 1.51. The number of carbonyl (C=O) groups excluding carboxylic acids is 1. The minimum Gasteiger partial charge on any atom is -0.458 e. The van der Waals surface area contributed by atoms with E-state index in [0.717, 1.165) is 50.5 Å². The molecule has 4 N–H and O–H groups in total. The van der Waals surface area contributed by atoms with Crippen LogP contribution >= 0.6 is 0 Å². The molecule has 5 heteroatoms. The van der Waals surface area contributed by atoms with Gasteiger partial charge in [0.1, 0.15) is 6.61 Å². The van der Waals surface area contributed by atoms with E-state index in [4.69, 9.17) is 10.5 Å². The average Bonchev–Trinajstić information content (AvgIpc) is 3.19. The van der Waals surface area contributed by atoms with E-state index in [2.05, 4.69) is 13.8 Å². The van der Waals surface area contributed by atoms with Gasteiger partial charge in [-0.25, -0.2) is 4.79 Å². The summed E-state index contributed by atoms with van der Waals surface area (Å²) in [7, 11) is 0. The van der Waals surface area contributed by atoms with Crippen LogP contribution in [-0.2, 0) is 9.53 Å². The Hall–Kier alpha value is -0.910. The summed E-state index contributed by atoms with van der Waals surface area (Å²) in [5.74, 6) is 0.911. The fourth-order valence-corrected chi connectivity index (χ4v) is 8.42. The van der Waals surface area contributed by atoms with Gasteiger partial charge in [0, 0.05) is 17.5 Å². The summed E-state index contributed by atoms with van der Waals surface area (Å²) in [6.45, 7) is 4.78. The number of esters is 1. The summed E-state index contributed by atoms with van der Waals surface area (Å²) in [5.41, 5.74) is 5.93. The van der Waals surface area contributed by atoms with Crippen molar-refractivity contribution in [2.75, 3.05) is 6.61 Å².